The monoisotopic (exact) mass is 469 g/mol. The molecule has 1 N–H and O–H groups in total. The van der Waals surface area contributed by atoms with E-state index in [0.29, 0.717) is 11.7 Å². The lowest BCUT2D eigenvalue weighted by atomic mass is 9.86. The highest BCUT2D eigenvalue weighted by atomic mass is 15.5. The van der Waals surface area contributed by atoms with Gasteiger partial charge in [0.2, 0.25) is 0 Å². The van der Waals surface area contributed by atoms with Crippen LogP contribution >= 0.6 is 0 Å². The number of hydrogen-bond donors (Lipinski definition) is 1. The number of H-pyrrole nitrogens is 1. The summed E-state index contributed by atoms with van der Waals surface area (Å²) in [6.45, 7) is 5.22. The van der Waals surface area contributed by atoms with E-state index in [9.17, 15) is 0 Å². The highest BCUT2D eigenvalue weighted by Gasteiger charge is 2.18. The molecule has 1 atom stereocenters. The number of benzene rings is 2. The first-order chi connectivity index (χ1) is 17.2. The fraction of sp³-hybridized carbons (Fsp3) is 0.464. The first-order valence-corrected chi connectivity index (χ1v) is 13.1. The van der Waals surface area contributed by atoms with E-state index in [0.717, 1.165) is 53.6 Å². The van der Waals surface area contributed by atoms with Crippen molar-refractivity contribution >= 4 is 0 Å². The molecule has 7 nitrogen and oxygen atoms in total. The van der Waals surface area contributed by atoms with Crippen molar-refractivity contribution < 1.29 is 0 Å². The Morgan fingerprint density at radius 2 is 1.77 bits per heavy atom. The zero-order chi connectivity index (χ0) is 24.0. The molecule has 1 unspecified atom stereocenters. The van der Waals surface area contributed by atoms with Gasteiger partial charge in [-0.25, -0.2) is 14.8 Å². The summed E-state index contributed by atoms with van der Waals surface area (Å²) >= 11 is 0. The van der Waals surface area contributed by atoms with Crippen LogP contribution < -0.4 is 0 Å². The van der Waals surface area contributed by atoms with Crippen molar-refractivity contribution in [1.82, 2.24) is 35.4 Å². The molecule has 182 valence electrons. The number of rotatable bonds is 9. The smallest absolute Gasteiger partial charge is 0.180 e. The fourth-order valence-electron chi connectivity index (χ4n) is 5.16. The number of tetrazole rings is 1. The van der Waals surface area contributed by atoms with E-state index in [1.807, 2.05) is 18.2 Å². The first-order valence-electron chi connectivity index (χ1n) is 13.1. The average molecular weight is 470 g/mol. The molecule has 2 aromatic carbocycles. The number of aryl methyl sites for hydroxylation is 1. The molecule has 0 bridgehead atoms. The van der Waals surface area contributed by atoms with E-state index < -0.39 is 0 Å². The van der Waals surface area contributed by atoms with Crippen molar-refractivity contribution in [2.75, 3.05) is 0 Å². The molecule has 0 radical (unpaired) electrons. The third-order valence-electron chi connectivity index (χ3n) is 7.42. The molecular formula is C28H35N7. The van der Waals surface area contributed by atoms with Crippen molar-refractivity contribution in [1.29, 1.82) is 0 Å². The van der Waals surface area contributed by atoms with Crippen LogP contribution in [0.25, 0.3) is 22.5 Å². The maximum Gasteiger partial charge on any atom is 0.180 e. The second-order valence-corrected chi connectivity index (χ2v) is 9.89. The summed E-state index contributed by atoms with van der Waals surface area (Å²) in [4.78, 5) is 5.00. The Hall–Kier alpha value is -3.35. The molecule has 0 aliphatic heterocycles. The van der Waals surface area contributed by atoms with Crippen molar-refractivity contribution in [2.45, 2.75) is 77.7 Å². The van der Waals surface area contributed by atoms with Gasteiger partial charge in [0.25, 0.3) is 0 Å². The zero-order valence-corrected chi connectivity index (χ0v) is 20.8. The molecule has 7 heteroatoms. The quantitative estimate of drug-likeness (QED) is 0.315. The van der Waals surface area contributed by atoms with E-state index in [2.05, 4.69) is 69.5 Å². The first kappa shape index (κ1) is 23.4. The van der Waals surface area contributed by atoms with Crippen LogP contribution in [-0.2, 0) is 13.0 Å². The van der Waals surface area contributed by atoms with Gasteiger partial charge in [-0.2, -0.15) is 5.10 Å². The number of nitrogens with one attached hydrogen (secondary N) is 1. The van der Waals surface area contributed by atoms with Gasteiger partial charge >= 0.3 is 0 Å². The lowest BCUT2D eigenvalue weighted by molar-refractivity contribution is 0.337. The molecule has 2 heterocycles. The van der Waals surface area contributed by atoms with Crippen LogP contribution in [0.2, 0.25) is 0 Å². The number of hydrogen-bond acceptors (Lipinski definition) is 5. The van der Waals surface area contributed by atoms with Gasteiger partial charge in [0.05, 0.1) is 6.54 Å². The summed E-state index contributed by atoms with van der Waals surface area (Å²) < 4.78 is 2.13. The van der Waals surface area contributed by atoms with Gasteiger partial charge in [-0.3, -0.25) is 0 Å². The normalized spacial score (nSPS) is 15.4. The molecule has 0 saturated heterocycles. The third kappa shape index (κ3) is 5.50. The second kappa shape index (κ2) is 10.9. The van der Waals surface area contributed by atoms with E-state index in [-0.39, 0.29) is 0 Å². The maximum absolute atomic E-state index is 5.00. The van der Waals surface area contributed by atoms with Crippen LogP contribution in [0.1, 0.15) is 81.9 Å². The predicted molar refractivity (Wildman–Crippen MR) is 138 cm³/mol. The van der Waals surface area contributed by atoms with E-state index in [1.54, 1.807) is 0 Å². The van der Waals surface area contributed by atoms with Crippen molar-refractivity contribution in [3.8, 4) is 22.5 Å². The molecule has 1 aliphatic rings. The van der Waals surface area contributed by atoms with Gasteiger partial charge in [0.1, 0.15) is 5.82 Å². The number of aromatic nitrogens is 7. The number of nitrogens with zero attached hydrogens (tertiary/aromatic N) is 6. The van der Waals surface area contributed by atoms with Gasteiger partial charge in [-0.1, -0.05) is 94.5 Å². The predicted octanol–water partition coefficient (Wildman–Crippen LogP) is 6.20. The zero-order valence-electron chi connectivity index (χ0n) is 20.8. The van der Waals surface area contributed by atoms with Crippen LogP contribution in [0.4, 0.5) is 0 Å². The largest absolute Gasteiger partial charge is 0.245 e. The van der Waals surface area contributed by atoms with Gasteiger partial charge in [0, 0.05) is 17.9 Å². The third-order valence-corrected chi connectivity index (χ3v) is 7.42. The summed E-state index contributed by atoms with van der Waals surface area (Å²) in [5.41, 5.74) is 4.45. The van der Waals surface area contributed by atoms with E-state index in [4.69, 9.17) is 10.1 Å². The van der Waals surface area contributed by atoms with E-state index in [1.165, 1.54) is 44.1 Å². The lowest BCUT2D eigenvalue weighted by Crippen LogP contribution is -2.09. The Bertz CT molecular complexity index is 1200. The second-order valence-electron chi connectivity index (χ2n) is 9.89. The van der Waals surface area contributed by atoms with Crippen LogP contribution in [0, 0.1) is 5.92 Å². The Morgan fingerprint density at radius 3 is 2.49 bits per heavy atom. The standard InChI is InChI=1S/C28H35N7/c1-3-20(2)28-29-26(18-15-21-9-5-4-6-10-21)32-35(28)19-22-13-16-23(17-14-22)24-11-7-8-12-25(24)27-30-33-34-31-27/h7-8,11-14,16-17,20-21H,3-6,9-10,15,18-19H2,1-2H3,(H,30,31,33,34). The Kier molecular flexibility index (Phi) is 7.31. The number of aromatic amines is 1. The summed E-state index contributed by atoms with van der Waals surface area (Å²) in [7, 11) is 0. The highest BCUT2D eigenvalue weighted by molar-refractivity contribution is 5.80. The average Bonchev–Trinajstić information content (AvgIpc) is 3.59. The Morgan fingerprint density at radius 1 is 1.00 bits per heavy atom. The molecule has 4 aromatic rings. The Balaban J connectivity index is 1.33. The summed E-state index contributed by atoms with van der Waals surface area (Å²) in [5, 5.41) is 19.4. The Labute approximate surface area is 207 Å². The summed E-state index contributed by atoms with van der Waals surface area (Å²) in [6, 6.07) is 16.9. The van der Waals surface area contributed by atoms with Crippen LogP contribution in [0.5, 0.6) is 0 Å². The summed E-state index contributed by atoms with van der Waals surface area (Å²) in [6.07, 6.45) is 10.2. The van der Waals surface area contributed by atoms with Gasteiger partial charge in [0.15, 0.2) is 11.6 Å². The molecule has 2 aromatic heterocycles. The van der Waals surface area contributed by atoms with Crippen LogP contribution in [-0.4, -0.2) is 35.4 Å². The summed E-state index contributed by atoms with van der Waals surface area (Å²) in [5.74, 6) is 4.04. The fourth-order valence-corrected chi connectivity index (χ4v) is 5.16. The molecule has 5 rings (SSSR count). The molecular weight excluding hydrogens is 434 g/mol. The van der Waals surface area contributed by atoms with Crippen molar-refractivity contribution in [2.24, 2.45) is 5.92 Å². The maximum atomic E-state index is 5.00. The molecule has 1 saturated carbocycles. The molecule has 1 aliphatic carbocycles. The minimum absolute atomic E-state index is 0.396. The molecule has 35 heavy (non-hydrogen) atoms. The SMILES string of the molecule is CCC(C)c1nc(CCC2CCCCC2)nn1Cc1ccc(-c2ccccc2-c2nnn[nH]2)cc1. The van der Waals surface area contributed by atoms with Gasteiger partial charge < -0.3 is 0 Å². The molecule has 1 fully saturated rings. The van der Waals surface area contributed by atoms with Crippen molar-refractivity contribution in [3.63, 3.8) is 0 Å². The minimum atomic E-state index is 0.396. The van der Waals surface area contributed by atoms with Crippen LogP contribution in [0.15, 0.2) is 48.5 Å². The topological polar surface area (TPSA) is 85.2 Å². The molecule has 0 spiro atoms. The minimum Gasteiger partial charge on any atom is -0.245 e. The van der Waals surface area contributed by atoms with Gasteiger partial charge in [-0.15, -0.1) is 5.10 Å². The lowest BCUT2D eigenvalue weighted by Gasteiger charge is -2.20. The van der Waals surface area contributed by atoms with E-state index >= 15 is 0 Å². The van der Waals surface area contributed by atoms with Crippen LogP contribution in [0.3, 0.4) is 0 Å². The van der Waals surface area contributed by atoms with Gasteiger partial charge in [-0.05, 0) is 45.9 Å². The molecule has 0 amide bonds. The van der Waals surface area contributed by atoms with Crippen molar-refractivity contribution in [3.05, 3.63) is 65.7 Å². The highest BCUT2D eigenvalue weighted by Crippen LogP contribution is 2.30.